The van der Waals surface area contributed by atoms with Gasteiger partial charge in [0, 0.05) is 4.88 Å². The van der Waals surface area contributed by atoms with Gasteiger partial charge in [0.25, 0.3) is 0 Å². The number of hydrogen-bond acceptors (Lipinski definition) is 3. The minimum absolute atomic E-state index is 0.127. The lowest BCUT2D eigenvalue weighted by Gasteiger charge is -2.09. The molecule has 1 aromatic carbocycles. The van der Waals surface area contributed by atoms with E-state index in [9.17, 15) is 4.79 Å². The van der Waals surface area contributed by atoms with Crippen LogP contribution in [0.2, 0.25) is 0 Å². The fourth-order valence-electron chi connectivity index (χ4n) is 1.92. The van der Waals surface area contributed by atoms with Gasteiger partial charge in [-0.15, -0.1) is 11.3 Å². The van der Waals surface area contributed by atoms with E-state index < -0.39 is 5.76 Å². The first-order valence-corrected chi connectivity index (χ1v) is 7.25. The molecule has 0 saturated heterocycles. The topological polar surface area (TPSA) is 46.0 Å². The Hall–Kier alpha value is -1.33. The lowest BCUT2D eigenvalue weighted by Crippen LogP contribution is -1.92. The van der Waals surface area contributed by atoms with E-state index in [1.807, 2.05) is 18.2 Å². The smallest absolute Gasteiger partial charge is 0.408 e. The number of aromatic amines is 1. The van der Waals surface area contributed by atoms with Crippen LogP contribution in [0.5, 0.6) is 0 Å². The summed E-state index contributed by atoms with van der Waals surface area (Å²) >= 11 is 5.41. The summed E-state index contributed by atoms with van der Waals surface area (Å²) in [6.45, 7) is 2.09. The highest BCUT2D eigenvalue weighted by Gasteiger charge is 2.15. The molecule has 3 rings (SSSR count). The highest BCUT2D eigenvalue weighted by Crippen LogP contribution is 2.36. The van der Waals surface area contributed by atoms with Crippen molar-refractivity contribution in [1.29, 1.82) is 0 Å². The zero-order valence-electron chi connectivity index (χ0n) is 9.57. The van der Waals surface area contributed by atoms with Gasteiger partial charge in [-0.3, -0.25) is 4.98 Å². The van der Waals surface area contributed by atoms with Crippen molar-refractivity contribution in [2.45, 2.75) is 11.8 Å². The summed E-state index contributed by atoms with van der Waals surface area (Å²) in [5.74, 6) is -0.416. The summed E-state index contributed by atoms with van der Waals surface area (Å²) in [5.41, 5.74) is 3.66. The molecule has 2 aromatic heterocycles. The average molecular weight is 324 g/mol. The van der Waals surface area contributed by atoms with Gasteiger partial charge in [0.1, 0.15) is 0 Å². The summed E-state index contributed by atoms with van der Waals surface area (Å²) < 4.78 is 5.08. The number of oxazole rings is 1. The van der Waals surface area contributed by atoms with Gasteiger partial charge in [-0.1, -0.05) is 22.0 Å². The standard InChI is InChI=1S/C13H10BrNO2S/c1-7-4-5-18-12(7)11(14)8-2-3-9-10(6-8)17-13(16)15-9/h2-6,11H,1H3,(H,15,16). The number of thiophene rings is 1. The third-order valence-corrected chi connectivity index (χ3v) is 5.24. The van der Waals surface area contributed by atoms with E-state index in [4.69, 9.17) is 4.42 Å². The van der Waals surface area contributed by atoms with Crippen molar-refractivity contribution in [2.75, 3.05) is 0 Å². The maximum atomic E-state index is 11.1. The molecule has 2 heterocycles. The number of hydrogen-bond donors (Lipinski definition) is 1. The van der Waals surface area contributed by atoms with Crippen LogP contribution in [-0.4, -0.2) is 4.98 Å². The van der Waals surface area contributed by atoms with Crippen LogP contribution in [0.4, 0.5) is 0 Å². The molecule has 1 N–H and O–H groups in total. The van der Waals surface area contributed by atoms with E-state index >= 15 is 0 Å². The molecule has 0 spiro atoms. The van der Waals surface area contributed by atoms with E-state index in [0.717, 1.165) is 11.1 Å². The Morgan fingerprint density at radius 1 is 1.39 bits per heavy atom. The van der Waals surface area contributed by atoms with Crippen LogP contribution in [0.3, 0.4) is 0 Å². The molecular formula is C13H10BrNO2S. The summed E-state index contributed by atoms with van der Waals surface area (Å²) in [5, 5.41) is 2.08. The van der Waals surface area contributed by atoms with Crippen molar-refractivity contribution in [2.24, 2.45) is 0 Å². The lowest BCUT2D eigenvalue weighted by molar-refractivity contribution is 0.555. The molecule has 18 heavy (non-hydrogen) atoms. The highest BCUT2D eigenvalue weighted by molar-refractivity contribution is 9.09. The molecule has 3 aromatic rings. The molecule has 5 heteroatoms. The zero-order valence-corrected chi connectivity index (χ0v) is 12.0. The van der Waals surface area contributed by atoms with E-state index in [1.54, 1.807) is 11.3 Å². The van der Waals surface area contributed by atoms with Crippen molar-refractivity contribution in [3.05, 3.63) is 56.2 Å². The molecule has 1 unspecified atom stereocenters. The molecule has 0 amide bonds. The lowest BCUT2D eigenvalue weighted by atomic mass is 10.1. The summed E-state index contributed by atoms with van der Waals surface area (Å²) in [6, 6.07) is 7.86. The molecule has 0 aliphatic rings. The van der Waals surface area contributed by atoms with Gasteiger partial charge in [-0.25, -0.2) is 4.79 Å². The molecule has 92 valence electrons. The maximum Gasteiger partial charge on any atom is 0.417 e. The fraction of sp³-hybridized carbons (Fsp3) is 0.154. The summed E-state index contributed by atoms with van der Waals surface area (Å²) in [6.07, 6.45) is 0. The van der Waals surface area contributed by atoms with Crippen LogP contribution in [-0.2, 0) is 0 Å². The van der Waals surface area contributed by atoms with Crippen molar-refractivity contribution < 1.29 is 4.42 Å². The Labute approximate surface area is 116 Å². The Bertz CT molecular complexity index is 756. The second-order valence-electron chi connectivity index (χ2n) is 4.10. The van der Waals surface area contributed by atoms with E-state index in [-0.39, 0.29) is 4.83 Å². The van der Waals surface area contributed by atoms with Gasteiger partial charge < -0.3 is 4.42 Å². The van der Waals surface area contributed by atoms with Crippen LogP contribution < -0.4 is 5.76 Å². The van der Waals surface area contributed by atoms with E-state index in [1.165, 1.54) is 10.4 Å². The van der Waals surface area contributed by atoms with Gasteiger partial charge in [-0.2, -0.15) is 0 Å². The first-order valence-electron chi connectivity index (χ1n) is 5.46. The second-order valence-corrected chi connectivity index (χ2v) is 5.96. The van der Waals surface area contributed by atoms with Gasteiger partial charge in [0.05, 0.1) is 10.3 Å². The number of nitrogens with one attached hydrogen (secondary N) is 1. The Morgan fingerprint density at radius 3 is 2.94 bits per heavy atom. The number of alkyl halides is 1. The van der Waals surface area contributed by atoms with Gasteiger partial charge in [0.2, 0.25) is 0 Å². The third kappa shape index (κ3) is 1.93. The molecule has 3 nitrogen and oxygen atoms in total. The first kappa shape index (κ1) is 11.7. The number of aryl methyl sites for hydroxylation is 1. The Balaban J connectivity index is 2.09. The van der Waals surface area contributed by atoms with Crippen LogP contribution in [0.1, 0.15) is 20.8 Å². The predicted molar refractivity (Wildman–Crippen MR) is 76.7 cm³/mol. The number of H-pyrrole nitrogens is 1. The van der Waals surface area contributed by atoms with Crippen molar-refractivity contribution >= 4 is 38.4 Å². The van der Waals surface area contributed by atoms with Crippen LogP contribution in [0.25, 0.3) is 11.1 Å². The largest absolute Gasteiger partial charge is 0.417 e. The molecule has 0 saturated carbocycles. The maximum absolute atomic E-state index is 11.1. The number of aromatic nitrogens is 1. The molecule has 0 aliphatic heterocycles. The monoisotopic (exact) mass is 323 g/mol. The third-order valence-electron chi connectivity index (χ3n) is 2.87. The summed E-state index contributed by atoms with van der Waals surface area (Å²) in [4.78, 5) is 15.2. The number of rotatable bonds is 2. The van der Waals surface area contributed by atoms with Crippen LogP contribution in [0, 0.1) is 6.92 Å². The Morgan fingerprint density at radius 2 is 2.22 bits per heavy atom. The molecule has 0 aliphatic carbocycles. The molecule has 0 fully saturated rings. The van der Waals surface area contributed by atoms with Gasteiger partial charge in [-0.05, 0) is 41.6 Å². The van der Waals surface area contributed by atoms with Crippen molar-refractivity contribution in [3.8, 4) is 0 Å². The quantitative estimate of drug-likeness (QED) is 0.725. The zero-order chi connectivity index (χ0) is 12.7. The predicted octanol–water partition coefficient (Wildman–Crippen LogP) is 3.98. The second kappa shape index (κ2) is 4.40. The van der Waals surface area contributed by atoms with Crippen molar-refractivity contribution in [1.82, 2.24) is 4.98 Å². The number of halogens is 1. The van der Waals surface area contributed by atoms with E-state index in [2.05, 4.69) is 39.3 Å². The average Bonchev–Trinajstić information content (AvgIpc) is 2.91. The molecule has 1 atom stereocenters. The number of benzene rings is 1. The number of fused-ring (bicyclic) bond motifs is 1. The Kier molecular flexibility index (Phi) is 2.87. The van der Waals surface area contributed by atoms with Gasteiger partial charge in [0.15, 0.2) is 5.58 Å². The summed E-state index contributed by atoms with van der Waals surface area (Å²) in [7, 11) is 0. The normalized spacial score (nSPS) is 13.0. The molecular weight excluding hydrogens is 314 g/mol. The SMILES string of the molecule is Cc1ccsc1C(Br)c1ccc2[nH]c(=O)oc2c1. The van der Waals surface area contributed by atoms with Crippen LogP contribution in [0.15, 0.2) is 38.9 Å². The van der Waals surface area contributed by atoms with E-state index in [0.29, 0.717) is 5.58 Å². The first-order chi connectivity index (χ1) is 8.65. The minimum atomic E-state index is -0.416. The molecule has 0 bridgehead atoms. The van der Waals surface area contributed by atoms with Crippen molar-refractivity contribution in [3.63, 3.8) is 0 Å². The molecule has 0 radical (unpaired) electrons. The highest BCUT2D eigenvalue weighted by atomic mass is 79.9. The van der Waals surface area contributed by atoms with Gasteiger partial charge >= 0.3 is 5.76 Å². The minimum Gasteiger partial charge on any atom is -0.408 e. The fourth-order valence-corrected chi connectivity index (χ4v) is 3.81. The van der Waals surface area contributed by atoms with Crippen LogP contribution >= 0.6 is 27.3 Å².